The molecule has 0 spiro atoms. The Labute approximate surface area is 102 Å². The Balaban J connectivity index is 2.10. The normalized spacial score (nSPS) is 10.1. The van der Waals surface area contributed by atoms with Gasteiger partial charge >= 0.3 is 5.97 Å². The lowest BCUT2D eigenvalue weighted by Gasteiger charge is -2.06. The molecule has 0 saturated carbocycles. The van der Waals surface area contributed by atoms with Crippen LogP contribution in [0.15, 0.2) is 42.5 Å². The summed E-state index contributed by atoms with van der Waals surface area (Å²) in [6, 6.07) is 9.93. The van der Waals surface area contributed by atoms with Gasteiger partial charge in [0.05, 0.1) is 13.2 Å². The fraction of sp³-hybridized carbons (Fsp3) is 0.357. The fourth-order valence-corrected chi connectivity index (χ4v) is 1.45. The summed E-state index contributed by atoms with van der Waals surface area (Å²) in [6.07, 6.45) is 1.53. The molecule has 0 saturated heterocycles. The first-order valence-corrected chi connectivity index (χ1v) is 5.68. The second-order valence-electron chi connectivity index (χ2n) is 3.98. The second kappa shape index (κ2) is 7.63. The van der Waals surface area contributed by atoms with Crippen molar-refractivity contribution < 1.29 is 14.6 Å². The number of hydrogen-bond donors (Lipinski definition) is 1. The number of carbonyl (C=O) groups is 1. The van der Waals surface area contributed by atoms with E-state index in [2.05, 4.69) is 6.58 Å². The van der Waals surface area contributed by atoms with Crippen LogP contribution in [0, 0.1) is 0 Å². The predicted octanol–water partition coefficient (Wildman–Crippen LogP) is 3.01. The summed E-state index contributed by atoms with van der Waals surface area (Å²) >= 11 is 0. The Morgan fingerprint density at radius 2 is 1.94 bits per heavy atom. The van der Waals surface area contributed by atoms with E-state index in [4.69, 9.17) is 9.84 Å². The minimum Gasteiger partial charge on any atom is -0.481 e. The molecule has 0 heterocycles. The molecule has 1 rings (SSSR count). The molecule has 0 fully saturated rings. The first-order valence-electron chi connectivity index (χ1n) is 5.68. The van der Waals surface area contributed by atoms with Crippen molar-refractivity contribution >= 4 is 5.97 Å². The molecule has 92 valence electrons. The fourth-order valence-electron chi connectivity index (χ4n) is 1.45. The largest absolute Gasteiger partial charge is 0.481 e. The van der Waals surface area contributed by atoms with Crippen LogP contribution in [0.25, 0.3) is 0 Å². The molecule has 0 aromatic heterocycles. The molecule has 1 aromatic carbocycles. The highest BCUT2D eigenvalue weighted by molar-refractivity contribution is 5.66. The van der Waals surface area contributed by atoms with Crippen molar-refractivity contribution in [3.05, 3.63) is 48.0 Å². The van der Waals surface area contributed by atoms with Gasteiger partial charge in [-0.1, -0.05) is 42.5 Å². The van der Waals surface area contributed by atoms with Crippen molar-refractivity contribution in [2.45, 2.75) is 25.9 Å². The van der Waals surface area contributed by atoms with Gasteiger partial charge in [-0.15, -0.1) is 0 Å². The summed E-state index contributed by atoms with van der Waals surface area (Å²) in [5.41, 5.74) is 2.08. The van der Waals surface area contributed by atoms with Crippen molar-refractivity contribution in [2.75, 3.05) is 6.61 Å². The van der Waals surface area contributed by atoms with Gasteiger partial charge in [0.2, 0.25) is 0 Å². The maximum absolute atomic E-state index is 10.3. The van der Waals surface area contributed by atoms with Crippen molar-refractivity contribution in [1.82, 2.24) is 0 Å². The molecule has 0 unspecified atom stereocenters. The second-order valence-corrected chi connectivity index (χ2v) is 3.98. The van der Waals surface area contributed by atoms with Crippen LogP contribution >= 0.6 is 0 Å². The number of carboxylic acids is 1. The maximum Gasteiger partial charge on any atom is 0.303 e. The standard InChI is InChI=1S/C14H18O3/c1-12(6-5-9-14(15)16)10-17-11-13-7-3-2-4-8-13/h2-4,7-8H,1,5-6,9-11H2,(H,15,16). The number of ether oxygens (including phenoxy) is 1. The van der Waals surface area contributed by atoms with Crippen LogP contribution < -0.4 is 0 Å². The van der Waals surface area contributed by atoms with Crippen molar-refractivity contribution in [3.63, 3.8) is 0 Å². The van der Waals surface area contributed by atoms with Gasteiger partial charge in [0.1, 0.15) is 0 Å². The summed E-state index contributed by atoms with van der Waals surface area (Å²) in [6.45, 7) is 4.93. The van der Waals surface area contributed by atoms with E-state index >= 15 is 0 Å². The number of benzene rings is 1. The van der Waals surface area contributed by atoms with Gasteiger partial charge in [-0.25, -0.2) is 0 Å². The highest BCUT2D eigenvalue weighted by Gasteiger charge is 2.00. The summed E-state index contributed by atoms with van der Waals surface area (Å²) in [5, 5.41) is 8.49. The third-order valence-electron chi connectivity index (χ3n) is 2.34. The zero-order chi connectivity index (χ0) is 12.5. The van der Waals surface area contributed by atoms with Crippen LogP contribution in [0.2, 0.25) is 0 Å². The highest BCUT2D eigenvalue weighted by Crippen LogP contribution is 2.07. The van der Waals surface area contributed by atoms with Crippen LogP contribution in [0.4, 0.5) is 0 Å². The Morgan fingerprint density at radius 3 is 2.59 bits per heavy atom. The molecular formula is C14H18O3. The van der Waals surface area contributed by atoms with Gasteiger partial charge in [0, 0.05) is 6.42 Å². The summed E-state index contributed by atoms with van der Waals surface area (Å²) in [4.78, 5) is 10.3. The smallest absolute Gasteiger partial charge is 0.303 e. The molecule has 0 aliphatic rings. The van der Waals surface area contributed by atoms with Gasteiger partial charge in [-0.2, -0.15) is 0 Å². The maximum atomic E-state index is 10.3. The molecule has 0 bridgehead atoms. The lowest BCUT2D eigenvalue weighted by molar-refractivity contribution is -0.137. The first kappa shape index (κ1) is 13.5. The van der Waals surface area contributed by atoms with Crippen LogP contribution in [0.5, 0.6) is 0 Å². The number of aliphatic carboxylic acids is 1. The molecule has 0 amide bonds. The molecule has 3 nitrogen and oxygen atoms in total. The number of hydrogen-bond acceptors (Lipinski definition) is 2. The van der Waals surface area contributed by atoms with E-state index in [0.717, 1.165) is 11.1 Å². The van der Waals surface area contributed by atoms with Crippen LogP contribution in [0.1, 0.15) is 24.8 Å². The Hall–Kier alpha value is -1.61. The van der Waals surface area contributed by atoms with E-state index in [0.29, 0.717) is 26.1 Å². The van der Waals surface area contributed by atoms with Gasteiger partial charge < -0.3 is 9.84 Å². The monoisotopic (exact) mass is 234 g/mol. The topological polar surface area (TPSA) is 46.5 Å². The molecule has 0 atom stereocenters. The Bertz CT molecular complexity index is 357. The zero-order valence-electron chi connectivity index (χ0n) is 9.89. The van der Waals surface area contributed by atoms with E-state index in [1.54, 1.807) is 0 Å². The molecule has 1 aromatic rings. The summed E-state index contributed by atoms with van der Waals surface area (Å²) < 4.78 is 5.49. The molecule has 3 heteroatoms. The van der Waals surface area contributed by atoms with Crippen molar-refractivity contribution in [2.24, 2.45) is 0 Å². The number of rotatable bonds is 8. The van der Waals surface area contributed by atoms with E-state index in [9.17, 15) is 4.79 Å². The zero-order valence-corrected chi connectivity index (χ0v) is 9.89. The number of carboxylic acid groups (broad SMARTS) is 1. The molecule has 0 aliphatic carbocycles. The van der Waals surface area contributed by atoms with E-state index in [1.165, 1.54) is 0 Å². The first-order chi connectivity index (χ1) is 8.18. The van der Waals surface area contributed by atoms with Crippen LogP contribution in [0.3, 0.4) is 0 Å². The predicted molar refractivity (Wildman–Crippen MR) is 66.7 cm³/mol. The summed E-state index contributed by atoms with van der Waals surface area (Å²) in [7, 11) is 0. The minimum atomic E-state index is -0.761. The van der Waals surface area contributed by atoms with Crippen LogP contribution in [-0.2, 0) is 16.1 Å². The lowest BCUT2D eigenvalue weighted by Crippen LogP contribution is -2.00. The lowest BCUT2D eigenvalue weighted by atomic mass is 10.1. The van der Waals surface area contributed by atoms with Crippen molar-refractivity contribution in [1.29, 1.82) is 0 Å². The van der Waals surface area contributed by atoms with Crippen LogP contribution in [-0.4, -0.2) is 17.7 Å². The van der Waals surface area contributed by atoms with Gasteiger partial charge in [0.15, 0.2) is 0 Å². The molecule has 0 radical (unpaired) electrons. The van der Waals surface area contributed by atoms with E-state index in [1.807, 2.05) is 30.3 Å². The third-order valence-corrected chi connectivity index (χ3v) is 2.34. The average molecular weight is 234 g/mol. The summed E-state index contributed by atoms with van der Waals surface area (Å²) in [5.74, 6) is -0.761. The Kier molecular flexibility index (Phi) is 6.04. The quantitative estimate of drug-likeness (QED) is 0.703. The van der Waals surface area contributed by atoms with Gasteiger partial charge in [-0.3, -0.25) is 4.79 Å². The van der Waals surface area contributed by atoms with E-state index in [-0.39, 0.29) is 6.42 Å². The molecule has 0 aliphatic heterocycles. The Morgan fingerprint density at radius 1 is 1.24 bits per heavy atom. The molecular weight excluding hydrogens is 216 g/mol. The third kappa shape index (κ3) is 6.53. The van der Waals surface area contributed by atoms with E-state index < -0.39 is 5.97 Å². The minimum absolute atomic E-state index is 0.192. The molecule has 17 heavy (non-hydrogen) atoms. The molecule has 1 N–H and O–H groups in total. The average Bonchev–Trinajstić information content (AvgIpc) is 2.30. The van der Waals surface area contributed by atoms with Crippen molar-refractivity contribution in [3.8, 4) is 0 Å². The SMILES string of the molecule is C=C(CCCC(=O)O)COCc1ccccc1. The highest BCUT2D eigenvalue weighted by atomic mass is 16.5. The van der Waals surface area contributed by atoms with Gasteiger partial charge in [-0.05, 0) is 18.4 Å². The van der Waals surface area contributed by atoms with Gasteiger partial charge in [0.25, 0.3) is 0 Å².